The second-order valence-corrected chi connectivity index (χ2v) is 8.06. The fourth-order valence-electron chi connectivity index (χ4n) is 3.69. The second kappa shape index (κ2) is 11.8. The van der Waals surface area contributed by atoms with Crippen LogP contribution in [-0.2, 0) is 11.2 Å². The predicted molar refractivity (Wildman–Crippen MR) is 135 cm³/mol. The van der Waals surface area contributed by atoms with E-state index in [2.05, 4.69) is 43.0 Å². The number of aromatic amines is 1. The molecule has 0 saturated carbocycles. The Morgan fingerprint density at radius 1 is 0.914 bits per heavy atom. The van der Waals surface area contributed by atoms with Crippen molar-refractivity contribution in [3.8, 4) is 11.3 Å². The molecule has 0 radical (unpaired) electrons. The fourth-order valence-corrected chi connectivity index (χ4v) is 3.69. The molecule has 0 saturated heterocycles. The van der Waals surface area contributed by atoms with Gasteiger partial charge in [-0.05, 0) is 35.7 Å². The monoisotopic (exact) mass is 472 g/mol. The summed E-state index contributed by atoms with van der Waals surface area (Å²) in [6.07, 6.45) is 2.49. The number of carboxylic acid groups (broad SMARTS) is 1. The van der Waals surface area contributed by atoms with Gasteiger partial charge >= 0.3 is 5.97 Å². The molecule has 2 heterocycles. The van der Waals surface area contributed by atoms with Crippen LogP contribution in [0, 0.1) is 0 Å². The second-order valence-electron chi connectivity index (χ2n) is 8.06. The lowest BCUT2D eigenvalue weighted by molar-refractivity contribution is -0.136. The van der Waals surface area contributed by atoms with Crippen LogP contribution in [-0.4, -0.2) is 58.1 Å². The van der Waals surface area contributed by atoms with E-state index in [1.165, 1.54) is 11.9 Å². The normalized spacial score (nSPS) is 10.9. The van der Waals surface area contributed by atoms with Gasteiger partial charge < -0.3 is 26.0 Å². The zero-order chi connectivity index (χ0) is 24.5. The Morgan fingerprint density at radius 2 is 1.71 bits per heavy atom. The number of hydrogen-bond acceptors (Lipinski definition) is 6. The highest BCUT2D eigenvalue weighted by Crippen LogP contribution is 2.27. The summed E-state index contributed by atoms with van der Waals surface area (Å²) in [5, 5.41) is 18.7. The number of aromatic nitrogens is 3. The van der Waals surface area contributed by atoms with Crippen molar-refractivity contribution in [2.24, 2.45) is 0 Å². The van der Waals surface area contributed by atoms with Crippen molar-refractivity contribution in [1.82, 2.24) is 25.6 Å². The number of hydrogen-bond donors (Lipinski definition) is 5. The summed E-state index contributed by atoms with van der Waals surface area (Å²) in [7, 11) is 0. The fraction of sp³-hybridized carbons (Fsp3) is 0.231. The van der Waals surface area contributed by atoms with Gasteiger partial charge in [-0.1, -0.05) is 42.5 Å². The standard InChI is InChI=1S/C26H28N6O3/c33-23(34)11-12-27-14-15-29-26(35)20-8-6-19(7-9-20)22-16-21-24(30-17-31-25(21)32-22)28-13-10-18-4-2-1-3-5-18/h1-9,16-17,27H,10-15H2,(H,29,35)(H,33,34)(H2,28,30,31,32). The number of H-pyrrole nitrogens is 1. The highest BCUT2D eigenvalue weighted by Gasteiger charge is 2.11. The number of benzene rings is 2. The summed E-state index contributed by atoms with van der Waals surface area (Å²) in [5.74, 6) is -0.246. The van der Waals surface area contributed by atoms with E-state index in [-0.39, 0.29) is 12.3 Å². The molecule has 5 N–H and O–H groups in total. The van der Waals surface area contributed by atoms with Crippen LogP contribution in [0.3, 0.4) is 0 Å². The van der Waals surface area contributed by atoms with E-state index in [1.807, 2.05) is 36.4 Å². The Bertz CT molecular complexity index is 1270. The Morgan fingerprint density at radius 3 is 2.49 bits per heavy atom. The van der Waals surface area contributed by atoms with Gasteiger partial charge in [-0.3, -0.25) is 9.59 Å². The van der Waals surface area contributed by atoms with Crippen LogP contribution in [0.1, 0.15) is 22.3 Å². The first kappa shape index (κ1) is 23.9. The minimum absolute atomic E-state index is 0.0555. The molecule has 1 amide bonds. The summed E-state index contributed by atoms with van der Waals surface area (Å²) >= 11 is 0. The average Bonchev–Trinajstić information content (AvgIpc) is 3.32. The van der Waals surface area contributed by atoms with Crippen molar-refractivity contribution < 1.29 is 14.7 Å². The number of carbonyl (C=O) groups is 2. The largest absolute Gasteiger partial charge is 0.481 e. The molecule has 2 aromatic carbocycles. The number of rotatable bonds is 12. The first-order valence-electron chi connectivity index (χ1n) is 11.5. The molecular formula is C26H28N6O3. The number of carbonyl (C=O) groups excluding carboxylic acids is 1. The van der Waals surface area contributed by atoms with Crippen LogP contribution in [0.15, 0.2) is 67.0 Å². The zero-order valence-electron chi connectivity index (χ0n) is 19.3. The van der Waals surface area contributed by atoms with Crippen molar-refractivity contribution in [2.45, 2.75) is 12.8 Å². The third-order valence-corrected chi connectivity index (χ3v) is 5.54. The smallest absolute Gasteiger partial charge is 0.304 e. The van der Waals surface area contributed by atoms with Crippen LogP contribution in [0.5, 0.6) is 0 Å². The van der Waals surface area contributed by atoms with Crippen molar-refractivity contribution in [2.75, 3.05) is 31.5 Å². The molecule has 35 heavy (non-hydrogen) atoms. The Kier molecular flexibility index (Phi) is 8.03. The minimum atomic E-state index is -0.848. The maximum Gasteiger partial charge on any atom is 0.304 e. The third kappa shape index (κ3) is 6.64. The van der Waals surface area contributed by atoms with Crippen LogP contribution in [0.25, 0.3) is 22.3 Å². The quantitative estimate of drug-likeness (QED) is 0.200. The molecule has 9 nitrogen and oxygen atoms in total. The SMILES string of the molecule is O=C(O)CCNCCNC(=O)c1ccc(-c2cc3c(NCCc4ccccc4)ncnc3[nH]2)cc1. The molecule has 2 aromatic heterocycles. The van der Waals surface area contributed by atoms with E-state index in [4.69, 9.17) is 5.11 Å². The van der Waals surface area contributed by atoms with Gasteiger partial charge in [-0.15, -0.1) is 0 Å². The van der Waals surface area contributed by atoms with Crippen molar-refractivity contribution >= 4 is 28.7 Å². The van der Waals surface area contributed by atoms with Gasteiger partial charge in [0.1, 0.15) is 17.8 Å². The molecule has 4 rings (SSSR count). The molecule has 0 atom stereocenters. The molecule has 180 valence electrons. The first-order chi connectivity index (χ1) is 17.1. The van der Waals surface area contributed by atoms with E-state index in [1.54, 1.807) is 12.1 Å². The topological polar surface area (TPSA) is 132 Å². The number of fused-ring (bicyclic) bond motifs is 1. The van der Waals surface area contributed by atoms with E-state index in [0.717, 1.165) is 41.1 Å². The minimum Gasteiger partial charge on any atom is -0.481 e. The molecule has 0 fully saturated rings. The van der Waals surface area contributed by atoms with E-state index < -0.39 is 5.97 Å². The van der Waals surface area contributed by atoms with E-state index in [0.29, 0.717) is 25.2 Å². The maximum atomic E-state index is 12.4. The van der Waals surface area contributed by atoms with Crippen LogP contribution in [0.4, 0.5) is 5.82 Å². The van der Waals surface area contributed by atoms with Crippen molar-refractivity contribution in [1.29, 1.82) is 0 Å². The molecule has 4 aromatic rings. The van der Waals surface area contributed by atoms with Gasteiger partial charge in [-0.25, -0.2) is 9.97 Å². The number of aliphatic carboxylic acids is 1. The molecule has 0 aliphatic heterocycles. The van der Waals surface area contributed by atoms with Crippen molar-refractivity contribution in [3.63, 3.8) is 0 Å². The summed E-state index contributed by atoms with van der Waals surface area (Å²) in [6.45, 7) is 2.06. The summed E-state index contributed by atoms with van der Waals surface area (Å²) in [6, 6.07) is 19.6. The average molecular weight is 473 g/mol. The number of carboxylic acids is 1. The molecule has 0 spiro atoms. The van der Waals surface area contributed by atoms with Gasteiger partial charge in [-0.2, -0.15) is 0 Å². The lowest BCUT2D eigenvalue weighted by Gasteiger charge is -2.07. The van der Waals surface area contributed by atoms with Gasteiger partial charge in [0.2, 0.25) is 0 Å². The van der Waals surface area contributed by atoms with Gasteiger partial charge in [0, 0.05) is 37.4 Å². The zero-order valence-corrected chi connectivity index (χ0v) is 19.3. The van der Waals surface area contributed by atoms with Crippen molar-refractivity contribution in [3.05, 3.63) is 78.1 Å². The van der Waals surface area contributed by atoms with Gasteiger partial charge in [0.05, 0.1) is 11.8 Å². The van der Waals surface area contributed by atoms with Crippen LogP contribution in [0.2, 0.25) is 0 Å². The molecule has 0 bridgehead atoms. The molecular weight excluding hydrogens is 444 g/mol. The molecule has 0 aliphatic carbocycles. The lowest BCUT2D eigenvalue weighted by Crippen LogP contribution is -2.32. The Balaban J connectivity index is 1.34. The number of amides is 1. The van der Waals surface area contributed by atoms with E-state index in [9.17, 15) is 9.59 Å². The highest BCUT2D eigenvalue weighted by atomic mass is 16.4. The Hall–Kier alpha value is -4.24. The molecule has 9 heteroatoms. The predicted octanol–water partition coefficient (Wildman–Crippen LogP) is 3.07. The number of nitrogens with zero attached hydrogens (tertiary/aromatic N) is 2. The lowest BCUT2D eigenvalue weighted by atomic mass is 10.1. The molecule has 0 aliphatic rings. The number of nitrogens with one attached hydrogen (secondary N) is 4. The van der Waals surface area contributed by atoms with Gasteiger partial charge in [0.15, 0.2) is 0 Å². The van der Waals surface area contributed by atoms with Gasteiger partial charge in [0.25, 0.3) is 5.91 Å². The van der Waals surface area contributed by atoms with Crippen LogP contribution >= 0.6 is 0 Å². The third-order valence-electron chi connectivity index (χ3n) is 5.54. The maximum absolute atomic E-state index is 12.4. The summed E-state index contributed by atoms with van der Waals surface area (Å²) < 4.78 is 0. The number of anilines is 1. The first-order valence-corrected chi connectivity index (χ1v) is 11.5. The Labute approximate surface area is 203 Å². The molecule has 0 unspecified atom stereocenters. The highest BCUT2D eigenvalue weighted by molar-refractivity contribution is 5.95. The van der Waals surface area contributed by atoms with Crippen LogP contribution < -0.4 is 16.0 Å². The summed E-state index contributed by atoms with van der Waals surface area (Å²) in [4.78, 5) is 34.9. The summed E-state index contributed by atoms with van der Waals surface area (Å²) in [5.41, 5.74) is 4.39. The van der Waals surface area contributed by atoms with E-state index >= 15 is 0 Å².